The van der Waals surface area contributed by atoms with Crippen LogP contribution in [0.25, 0.3) is 10.9 Å². The first-order chi connectivity index (χ1) is 19.9. The van der Waals surface area contributed by atoms with Crippen molar-refractivity contribution < 1.29 is 18.4 Å². The molecule has 0 unspecified atom stereocenters. The predicted octanol–water partition coefficient (Wildman–Crippen LogP) is 4.86. The lowest BCUT2D eigenvalue weighted by atomic mass is 9.79. The van der Waals surface area contributed by atoms with Crippen molar-refractivity contribution in [2.75, 3.05) is 18.9 Å². The van der Waals surface area contributed by atoms with Crippen LogP contribution in [0.4, 0.5) is 14.6 Å². The Balaban J connectivity index is 1.26. The van der Waals surface area contributed by atoms with E-state index >= 15 is 0 Å². The second-order valence-corrected chi connectivity index (χ2v) is 12.7. The number of fused-ring (bicyclic) bond motifs is 4. The molecule has 3 aliphatic rings. The van der Waals surface area contributed by atoms with E-state index in [1.54, 1.807) is 17.3 Å². The Morgan fingerprint density at radius 2 is 1.67 bits per heavy atom. The maximum atomic E-state index is 14.4. The lowest BCUT2D eigenvalue weighted by molar-refractivity contribution is -0.161. The van der Waals surface area contributed by atoms with E-state index < -0.39 is 28.1 Å². The summed E-state index contributed by atoms with van der Waals surface area (Å²) in [6.07, 6.45) is 4.59. The molecule has 1 spiro atoms. The van der Waals surface area contributed by atoms with E-state index in [2.05, 4.69) is 22.4 Å². The normalized spacial score (nSPS) is 24.8. The third kappa shape index (κ3) is 3.79. The van der Waals surface area contributed by atoms with Gasteiger partial charge in [-0.1, -0.05) is 6.07 Å². The van der Waals surface area contributed by atoms with E-state index in [0.29, 0.717) is 30.8 Å². The highest BCUT2D eigenvalue weighted by Gasteiger charge is 2.52. The number of hydrogen-bond donors (Lipinski definition) is 1. The molecule has 42 heavy (non-hydrogen) atoms. The molecular formula is C33H31F2N5O2. The number of likely N-dealkylation sites (N-methyl/N-ethyl adjacent to an activating group) is 1. The first-order valence-electron chi connectivity index (χ1n) is 14.1. The van der Waals surface area contributed by atoms with Gasteiger partial charge in [0.15, 0.2) is 0 Å². The summed E-state index contributed by atoms with van der Waals surface area (Å²) in [7, 11) is 1.85. The summed E-state index contributed by atoms with van der Waals surface area (Å²) in [4.78, 5) is 39.9. The summed E-state index contributed by atoms with van der Waals surface area (Å²) < 4.78 is 28.7. The number of pyridine rings is 2. The lowest BCUT2D eigenvalue weighted by Crippen LogP contribution is -2.68. The van der Waals surface area contributed by atoms with Crippen molar-refractivity contribution in [1.82, 2.24) is 19.8 Å². The highest BCUT2D eigenvalue weighted by Crippen LogP contribution is 2.47. The number of hydrogen-bond acceptors (Lipinski definition) is 5. The molecule has 2 aromatic heterocycles. The Hall–Kier alpha value is -4.24. The topological polar surface area (TPSA) is 78.4 Å². The quantitative estimate of drug-likeness (QED) is 0.383. The number of anilines is 1. The van der Waals surface area contributed by atoms with Gasteiger partial charge >= 0.3 is 0 Å². The fourth-order valence-electron chi connectivity index (χ4n) is 7.04. The fourth-order valence-corrected chi connectivity index (χ4v) is 7.04. The summed E-state index contributed by atoms with van der Waals surface area (Å²) in [5, 5.41) is 3.86. The van der Waals surface area contributed by atoms with E-state index in [0.717, 1.165) is 39.2 Å². The summed E-state index contributed by atoms with van der Waals surface area (Å²) >= 11 is 0. The van der Waals surface area contributed by atoms with Gasteiger partial charge in [-0.3, -0.25) is 19.5 Å². The van der Waals surface area contributed by atoms with Crippen LogP contribution in [0.2, 0.25) is 0 Å². The van der Waals surface area contributed by atoms with E-state index in [1.165, 1.54) is 12.1 Å². The molecule has 4 aromatic rings. The zero-order chi connectivity index (χ0) is 29.6. The van der Waals surface area contributed by atoms with Crippen molar-refractivity contribution in [3.8, 4) is 0 Å². The minimum absolute atomic E-state index is 0.0330. The van der Waals surface area contributed by atoms with Crippen LogP contribution >= 0.6 is 0 Å². The van der Waals surface area contributed by atoms with Crippen molar-refractivity contribution in [2.45, 2.75) is 56.7 Å². The zero-order valence-electron chi connectivity index (χ0n) is 24.0. The molecule has 4 heterocycles. The molecule has 2 aliphatic heterocycles. The Morgan fingerprint density at radius 3 is 2.40 bits per heavy atom. The number of halogens is 2. The largest absolute Gasteiger partial charge is 0.326 e. The molecule has 1 aliphatic carbocycles. The van der Waals surface area contributed by atoms with Gasteiger partial charge in [0.2, 0.25) is 11.8 Å². The first-order valence-corrected chi connectivity index (χ1v) is 14.1. The summed E-state index contributed by atoms with van der Waals surface area (Å²) in [6, 6.07) is 13.4. The number of piperazine rings is 1. The molecule has 2 amide bonds. The Morgan fingerprint density at radius 1 is 0.952 bits per heavy atom. The molecule has 9 heteroatoms. The third-order valence-corrected chi connectivity index (χ3v) is 9.72. The van der Waals surface area contributed by atoms with Crippen LogP contribution in [-0.4, -0.2) is 50.7 Å². The monoisotopic (exact) mass is 567 g/mol. The zero-order valence-corrected chi connectivity index (χ0v) is 24.0. The van der Waals surface area contributed by atoms with Crippen LogP contribution in [0.5, 0.6) is 0 Å². The highest BCUT2D eigenvalue weighted by atomic mass is 19.1. The van der Waals surface area contributed by atoms with Gasteiger partial charge in [-0.05, 0) is 99.3 Å². The van der Waals surface area contributed by atoms with Gasteiger partial charge in [0.1, 0.15) is 17.5 Å². The molecular weight excluding hydrogens is 536 g/mol. The summed E-state index contributed by atoms with van der Waals surface area (Å²) in [6.45, 7) is 6.18. The van der Waals surface area contributed by atoms with Crippen LogP contribution in [0.15, 0.2) is 60.9 Å². The summed E-state index contributed by atoms with van der Waals surface area (Å²) in [5.41, 5.74) is 2.64. The number of carbonyl (C=O) groups is 2. The third-order valence-electron chi connectivity index (χ3n) is 9.72. The van der Waals surface area contributed by atoms with Gasteiger partial charge < -0.3 is 10.2 Å². The maximum Gasteiger partial charge on any atom is 0.243 e. The second kappa shape index (κ2) is 8.88. The van der Waals surface area contributed by atoms with Gasteiger partial charge in [0, 0.05) is 42.5 Å². The van der Waals surface area contributed by atoms with Crippen molar-refractivity contribution in [3.63, 3.8) is 0 Å². The number of benzene rings is 2. The molecule has 1 saturated heterocycles. The number of rotatable bonds is 3. The molecule has 1 N–H and O–H groups in total. The SMILES string of the molecule is CN1C[C@@](C)(c2cc(F)cc(F)c2)N(Cc2cnc3cc4c(cc3c2)C[C@@]2(C4)C(=O)Nc3ncccc32)C(=O)C1(C)C. The Kier molecular flexibility index (Phi) is 5.63. The first kappa shape index (κ1) is 26.6. The van der Waals surface area contributed by atoms with Crippen molar-refractivity contribution in [3.05, 3.63) is 100 Å². The van der Waals surface area contributed by atoms with Crippen molar-refractivity contribution >= 4 is 28.5 Å². The van der Waals surface area contributed by atoms with E-state index in [9.17, 15) is 18.4 Å². The molecule has 2 atom stereocenters. The molecule has 0 radical (unpaired) electrons. The smallest absolute Gasteiger partial charge is 0.243 e. The molecule has 0 bridgehead atoms. The van der Waals surface area contributed by atoms with Crippen LogP contribution < -0.4 is 5.32 Å². The molecule has 7 nitrogen and oxygen atoms in total. The number of nitrogens with zero attached hydrogens (tertiary/aromatic N) is 4. The van der Waals surface area contributed by atoms with E-state index in [1.807, 2.05) is 50.9 Å². The predicted molar refractivity (Wildman–Crippen MR) is 155 cm³/mol. The Bertz CT molecular complexity index is 1800. The van der Waals surface area contributed by atoms with Crippen LogP contribution in [0.3, 0.4) is 0 Å². The molecule has 0 saturated carbocycles. The number of carbonyl (C=O) groups excluding carboxylic acids is 2. The van der Waals surface area contributed by atoms with Gasteiger partial charge in [-0.2, -0.15) is 0 Å². The van der Waals surface area contributed by atoms with Crippen LogP contribution in [0.1, 0.15) is 48.6 Å². The van der Waals surface area contributed by atoms with Gasteiger partial charge in [0.25, 0.3) is 0 Å². The lowest BCUT2D eigenvalue weighted by Gasteiger charge is -2.54. The number of nitrogens with one attached hydrogen (secondary N) is 1. The average molecular weight is 568 g/mol. The van der Waals surface area contributed by atoms with Crippen molar-refractivity contribution in [2.24, 2.45) is 0 Å². The van der Waals surface area contributed by atoms with Gasteiger partial charge in [0.05, 0.1) is 22.0 Å². The Labute approximate surface area is 242 Å². The number of amides is 2. The fraction of sp³-hybridized carbons (Fsp3) is 0.333. The van der Waals surface area contributed by atoms with E-state index in [-0.39, 0.29) is 18.4 Å². The minimum Gasteiger partial charge on any atom is -0.326 e. The van der Waals surface area contributed by atoms with Gasteiger partial charge in [-0.15, -0.1) is 0 Å². The molecule has 7 rings (SSSR count). The van der Waals surface area contributed by atoms with E-state index in [4.69, 9.17) is 4.98 Å². The average Bonchev–Trinajstić information content (AvgIpc) is 3.44. The van der Waals surface area contributed by atoms with Gasteiger partial charge in [-0.25, -0.2) is 13.8 Å². The second-order valence-electron chi connectivity index (χ2n) is 12.7. The summed E-state index contributed by atoms with van der Waals surface area (Å²) in [5.74, 6) is -0.909. The minimum atomic E-state index is -0.985. The molecule has 214 valence electrons. The number of aromatic nitrogens is 2. The van der Waals surface area contributed by atoms with Crippen LogP contribution in [0, 0.1) is 11.6 Å². The molecule has 1 fully saturated rings. The highest BCUT2D eigenvalue weighted by molar-refractivity contribution is 6.06. The standard InChI is InChI=1S/C33H31F2N5O2/c1-31(2)30(42)40(32(3,18-39(31)4)23-11-24(34)13-25(35)12-23)17-19-8-20-9-21-14-33(15-22(21)10-27(20)37-16-19)26-6-5-7-36-28(26)38-29(33)41/h5-13,16H,14-15,17-18H2,1-4H3,(H,36,38,41)/t32-,33-/m0/s1. The maximum absolute atomic E-state index is 14.4. The van der Waals surface area contributed by atoms with Crippen LogP contribution in [-0.2, 0) is 39.9 Å². The molecule has 2 aromatic carbocycles. The van der Waals surface area contributed by atoms with Crippen molar-refractivity contribution in [1.29, 1.82) is 0 Å².